The molecule has 2 aromatic rings. The minimum atomic E-state index is 0.881. The van der Waals surface area contributed by atoms with E-state index in [1.807, 2.05) is 0 Å². The fourth-order valence-corrected chi connectivity index (χ4v) is 2.32. The standard InChI is InChI=1S/C16H19NS/c1-12-5-4-6-14(13(12)2)11-17-15-7-9-16(18-3)10-8-15/h4-10,17H,11H2,1-3H3. The molecule has 0 unspecified atom stereocenters. The summed E-state index contributed by atoms with van der Waals surface area (Å²) >= 11 is 1.77. The topological polar surface area (TPSA) is 12.0 Å². The summed E-state index contributed by atoms with van der Waals surface area (Å²) in [5, 5.41) is 3.47. The van der Waals surface area contributed by atoms with Gasteiger partial charge < -0.3 is 5.32 Å². The van der Waals surface area contributed by atoms with E-state index < -0.39 is 0 Å². The molecule has 0 aliphatic heterocycles. The largest absolute Gasteiger partial charge is 0.381 e. The zero-order valence-electron chi connectivity index (χ0n) is 11.2. The number of rotatable bonds is 4. The Morgan fingerprint density at radius 1 is 1.00 bits per heavy atom. The molecule has 18 heavy (non-hydrogen) atoms. The van der Waals surface area contributed by atoms with Crippen LogP contribution >= 0.6 is 11.8 Å². The second kappa shape index (κ2) is 5.96. The molecule has 0 aromatic heterocycles. The van der Waals surface area contributed by atoms with Gasteiger partial charge in [-0.15, -0.1) is 11.8 Å². The molecule has 1 nitrogen and oxygen atoms in total. The van der Waals surface area contributed by atoms with Gasteiger partial charge in [-0.1, -0.05) is 18.2 Å². The van der Waals surface area contributed by atoms with Gasteiger partial charge in [-0.25, -0.2) is 0 Å². The monoisotopic (exact) mass is 257 g/mol. The molecular formula is C16H19NS. The molecular weight excluding hydrogens is 238 g/mol. The normalized spacial score (nSPS) is 10.4. The second-order valence-electron chi connectivity index (χ2n) is 4.44. The van der Waals surface area contributed by atoms with Crippen LogP contribution in [0.1, 0.15) is 16.7 Å². The summed E-state index contributed by atoms with van der Waals surface area (Å²) < 4.78 is 0. The molecule has 0 aliphatic carbocycles. The van der Waals surface area contributed by atoms with Crippen LogP contribution in [0, 0.1) is 13.8 Å². The number of benzene rings is 2. The third-order valence-corrected chi connectivity index (χ3v) is 4.03. The summed E-state index contributed by atoms with van der Waals surface area (Å²) in [5.74, 6) is 0. The summed E-state index contributed by atoms with van der Waals surface area (Å²) in [6.45, 7) is 5.22. The van der Waals surface area contributed by atoms with Gasteiger partial charge >= 0.3 is 0 Å². The fraction of sp³-hybridized carbons (Fsp3) is 0.250. The van der Waals surface area contributed by atoms with Crippen LogP contribution in [0.4, 0.5) is 5.69 Å². The SMILES string of the molecule is CSc1ccc(NCc2cccc(C)c2C)cc1. The third kappa shape index (κ3) is 3.08. The van der Waals surface area contributed by atoms with E-state index in [4.69, 9.17) is 0 Å². The van der Waals surface area contributed by atoms with Crippen LogP contribution in [0.3, 0.4) is 0 Å². The highest BCUT2D eigenvalue weighted by molar-refractivity contribution is 7.98. The predicted octanol–water partition coefficient (Wildman–Crippen LogP) is 4.64. The van der Waals surface area contributed by atoms with E-state index in [0.29, 0.717) is 0 Å². The van der Waals surface area contributed by atoms with Crippen molar-refractivity contribution in [3.05, 3.63) is 59.2 Å². The Labute approximate surface area is 114 Å². The van der Waals surface area contributed by atoms with Crippen LogP contribution in [-0.2, 0) is 6.54 Å². The molecule has 0 fully saturated rings. The van der Waals surface area contributed by atoms with Gasteiger partial charge in [0.25, 0.3) is 0 Å². The number of aryl methyl sites for hydroxylation is 1. The summed E-state index contributed by atoms with van der Waals surface area (Å²) in [4.78, 5) is 1.30. The highest BCUT2D eigenvalue weighted by Gasteiger charge is 2.00. The zero-order chi connectivity index (χ0) is 13.0. The van der Waals surface area contributed by atoms with E-state index in [1.54, 1.807) is 11.8 Å². The Morgan fingerprint density at radius 2 is 1.72 bits per heavy atom. The first-order valence-corrected chi connectivity index (χ1v) is 7.36. The molecule has 2 rings (SSSR count). The molecule has 0 radical (unpaired) electrons. The average molecular weight is 257 g/mol. The van der Waals surface area contributed by atoms with Crippen molar-refractivity contribution in [2.75, 3.05) is 11.6 Å². The van der Waals surface area contributed by atoms with Crippen molar-refractivity contribution in [3.63, 3.8) is 0 Å². The van der Waals surface area contributed by atoms with Crippen LogP contribution in [0.2, 0.25) is 0 Å². The van der Waals surface area contributed by atoms with Gasteiger partial charge in [0.2, 0.25) is 0 Å². The van der Waals surface area contributed by atoms with E-state index in [1.165, 1.54) is 27.3 Å². The lowest BCUT2D eigenvalue weighted by Crippen LogP contribution is -2.02. The van der Waals surface area contributed by atoms with Gasteiger partial charge in [-0.2, -0.15) is 0 Å². The lowest BCUT2D eigenvalue weighted by molar-refractivity contribution is 1.10. The number of anilines is 1. The van der Waals surface area contributed by atoms with Crippen LogP contribution in [0.15, 0.2) is 47.4 Å². The highest BCUT2D eigenvalue weighted by Crippen LogP contribution is 2.19. The molecule has 0 spiro atoms. The van der Waals surface area contributed by atoms with Crippen molar-refractivity contribution >= 4 is 17.4 Å². The first-order chi connectivity index (χ1) is 8.70. The van der Waals surface area contributed by atoms with E-state index in [0.717, 1.165) is 6.54 Å². The summed E-state index contributed by atoms with van der Waals surface area (Å²) in [7, 11) is 0. The summed E-state index contributed by atoms with van der Waals surface area (Å²) in [6.07, 6.45) is 2.10. The average Bonchev–Trinajstić information content (AvgIpc) is 2.41. The maximum absolute atomic E-state index is 3.47. The quantitative estimate of drug-likeness (QED) is 0.801. The van der Waals surface area contributed by atoms with Gasteiger partial charge in [0.05, 0.1) is 0 Å². The smallest absolute Gasteiger partial charge is 0.0403 e. The fourth-order valence-electron chi connectivity index (χ4n) is 1.91. The Balaban J connectivity index is 2.04. The van der Waals surface area contributed by atoms with Crippen LogP contribution < -0.4 is 5.32 Å². The van der Waals surface area contributed by atoms with E-state index in [9.17, 15) is 0 Å². The first-order valence-electron chi connectivity index (χ1n) is 6.13. The molecule has 2 heteroatoms. The molecule has 0 bridgehead atoms. The Morgan fingerprint density at radius 3 is 2.39 bits per heavy atom. The van der Waals surface area contributed by atoms with Gasteiger partial charge in [0, 0.05) is 17.1 Å². The number of nitrogens with one attached hydrogen (secondary N) is 1. The molecule has 0 amide bonds. The van der Waals surface area contributed by atoms with Crippen molar-refractivity contribution in [3.8, 4) is 0 Å². The van der Waals surface area contributed by atoms with Crippen molar-refractivity contribution in [1.82, 2.24) is 0 Å². The Bertz CT molecular complexity index is 517. The van der Waals surface area contributed by atoms with Gasteiger partial charge in [0.1, 0.15) is 0 Å². The maximum atomic E-state index is 3.47. The van der Waals surface area contributed by atoms with Crippen LogP contribution in [-0.4, -0.2) is 6.26 Å². The molecule has 0 atom stereocenters. The van der Waals surface area contributed by atoms with Crippen molar-refractivity contribution < 1.29 is 0 Å². The molecule has 2 aromatic carbocycles. The molecule has 0 aliphatic rings. The minimum Gasteiger partial charge on any atom is -0.381 e. The summed E-state index contributed by atoms with van der Waals surface area (Å²) in [5.41, 5.74) is 5.27. The Kier molecular flexibility index (Phi) is 4.32. The molecule has 0 saturated carbocycles. The van der Waals surface area contributed by atoms with Crippen molar-refractivity contribution in [2.45, 2.75) is 25.3 Å². The maximum Gasteiger partial charge on any atom is 0.0403 e. The van der Waals surface area contributed by atoms with Crippen LogP contribution in [0.5, 0.6) is 0 Å². The van der Waals surface area contributed by atoms with E-state index in [-0.39, 0.29) is 0 Å². The second-order valence-corrected chi connectivity index (χ2v) is 5.32. The summed E-state index contributed by atoms with van der Waals surface area (Å²) in [6, 6.07) is 15.0. The lowest BCUT2D eigenvalue weighted by Gasteiger charge is -2.11. The number of hydrogen-bond donors (Lipinski definition) is 1. The number of hydrogen-bond acceptors (Lipinski definition) is 2. The van der Waals surface area contributed by atoms with Gasteiger partial charge in [-0.3, -0.25) is 0 Å². The number of thioether (sulfide) groups is 1. The lowest BCUT2D eigenvalue weighted by atomic mass is 10.0. The predicted molar refractivity (Wildman–Crippen MR) is 81.5 cm³/mol. The highest BCUT2D eigenvalue weighted by atomic mass is 32.2. The van der Waals surface area contributed by atoms with Gasteiger partial charge in [0.15, 0.2) is 0 Å². The van der Waals surface area contributed by atoms with Crippen molar-refractivity contribution in [2.24, 2.45) is 0 Å². The molecule has 0 heterocycles. The molecule has 94 valence electrons. The van der Waals surface area contributed by atoms with Crippen LogP contribution in [0.25, 0.3) is 0 Å². The van der Waals surface area contributed by atoms with E-state index >= 15 is 0 Å². The van der Waals surface area contributed by atoms with E-state index in [2.05, 4.69) is 67.9 Å². The minimum absolute atomic E-state index is 0.881. The third-order valence-electron chi connectivity index (χ3n) is 3.29. The zero-order valence-corrected chi connectivity index (χ0v) is 12.0. The van der Waals surface area contributed by atoms with Gasteiger partial charge in [-0.05, 0) is 61.1 Å². The first kappa shape index (κ1) is 13.0. The molecule has 0 saturated heterocycles. The van der Waals surface area contributed by atoms with Crippen molar-refractivity contribution in [1.29, 1.82) is 0 Å². The Hall–Kier alpha value is -1.41. The molecule has 1 N–H and O–H groups in total.